The first-order chi connectivity index (χ1) is 14.6. The molecule has 8 nitrogen and oxygen atoms in total. The van der Waals surface area contributed by atoms with Gasteiger partial charge in [0, 0.05) is 32.7 Å². The predicted octanol–water partition coefficient (Wildman–Crippen LogP) is 2.01. The van der Waals surface area contributed by atoms with Crippen molar-refractivity contribution in [1.82, 2.24) is 15.1 Å². The van der Waals surface area contributed by atoms with Gasteiger partial charge in [-0.25, -0.2) is 0 Å². The summed E-state index contributed by atoms with van der Waals surface area (Å²) in [6.45, 7) is 4.89. The van der Waals surface area contributed by atoms with Crippen molar-refractivity contribution in [3.63, 3.8) is 0 Å². The average molecular weight is 422 g/mol. The van der Waals surface area contributed by atoms with Gasteiger partial charge in [0.2, 0.25) is 0 Å². The van der Waals surface area contributed by atoms with Crippen LogP contribution in [-0.2, 0) is 33.7 Å². The lowest BCUT2D eigenvalue weighted by Crippen LogP contribution is -2.27. The summed E-state index contributed by atoms with van der Waals surface area (Å²) >= 11 is 0. The van der Waals surface area contributed by atoms with Gasteiger partial charge in [0.25, 0.3) is 5.91 Å². The van der Waals surface area contributed by atoms with Gasteiger partial charge in [-0.1, -0.05) is 6.92 Å². The third-order valence-corrected chi connectivity index (χ3v) is 5.93. The molecular formula is C22H35N3O5. The van der Waals surface area contributed by atoms with E-state index >= 15 is 0 Å². The van der Waals surface area contributed by atoms with Crippen LogP contribution in [0.15, 0.2) is 0 Å². The number of fused-ring (bicyclic) bond motifs is 1. The van der Waals surface area contributed by atoms with Crippen molar-refractivity contribution in [2.24, 2.45) is 5.92 Å². The molecule has 0 atom stereocenters. The SMILES string of the molecule is CCc1nn(CCCOC(=O)[C@H]2CC[C@H](O)CC2)c2c1C(=O)NCCCOCCC2. The first-order valence-electron chi connectivity index (χ1n) is 11.4. The Hall–Kier alpha value is -1.93. The first-order valence-corrected chi connectivity index (χ1v) is 11.4. The number of aromatic nitrogens is 2. The molecule has 1 aromatic heterocycles. The Labute approximate surface area is 178 Å². The van der Waals surface area contributed by atoms with E-state index in [1.807, 2.05) is 11.6 Å². The number of aliphatic hydroxyl groups is 1. The lowest BCUT2D eigenvalue weighted by Gasteiger charge is -2.23. The Kier molecular flexibility index (Phi) is 8.69. The molecule has 1 aliphatic carbocycles. The average Bonchev–Trinajstić information content (AvgIpc) is 3.08. The van der Waals surface area contributed by atoms with E-state index in [0.717, 1.165) is 30.7 Å². The van der Waals surface area contributed by atoms with E-state index < -0.39 is 0 Å². The van der Waals surface area contributed by atoms with Gasteiger partial charge in [0.05, 0.1) is 35.6 Å². The maximum atomic E-state index is 12.8. The molecule has 0 aromatic carbocycles. The number of nitrogens with zero attached hydrogens (tertiary/aromatic N) is 2. The zero-order valence-electron chi connectivity index (χ0n) is 18.0. The smallest absolute Gasteiger partial charge is 0.308 e. The standard InChI is InChI=1S/C22H35N3O5/c1-2-18-20-19(6-3-13-29-14-4-11-23-21(20)27)25(24-18)12-5-15-30-22(28)16-7-9-17(26)10-8-16/h16-17,26H,2-15H2,1H3,(H,23,27)/t16-,17-. The topological polar surface area (TPSA) is 103 Å². The lowest BCUT2D eigenvalue weighted by atomic mass is 9.87. The molecule has 0 saturated heterocycles. The molecule has 1 fully saturated rings. The van der Waals surface area contributed by atoms with Crippen LogP contribution < -0.4 is 5.32 Å². The highest BCUT2D eigenvalue weighted by Gasteiger charge is 2.26. The monoisotopic (exact) mass is 421 g/mol. The number of ether oxygens (including phenoxy) is 2. The van der Waals surface area contributed by atoms with E-state index in [2.05, 4.69) is 5.32 Å². The lowest BCUT2D eigenvalue weighted by molar-refractivity contribution is -0.150. The summed E-state index contributed by atoms with van der Waals surface area (Å²) in [6.07, 6.45) is 6.20. The van der Waals surface area contributed by atoms with Gasteiger partial charge < -0.3 is 19.9 Å². The molecule has 1 saturated carbocycles. The number of carbonyl (C=O) groups excluding carboxylic acids is 2. The summed E-state index contributed by atoms with van der Waals surface area (Å²) in [5.74, 6) is -0.307. The number of rotatable bonds is 6. The first kappa shape index (κ1) is 22.7. The number of amides is 1. The molecule has 1 aliphatic heterocycles. The zero-order valence-corrected chi connectivity index (χ0v) is 18.0. The number of aliphatic hydroxyl groups excluding tert-OH is 1. The van der Waals surface area contributed by atoms with Gasteiger partial charge in [0.1, 0.15) is 0 Å². The summed E-state index contributed by atoms with van der Waals surface area (Å²) < 4.78 is 13.0. The molecule has 30 heavy (non-hydrogen) atoms. The molecule has 3 rings (SSSR count). The van der Waals surface area contributed by atoms with E-state index in [9.17, 15) is 14.7 Å². The van der Waals surface area contributed by atoms with Crippen molar-refractivity contribution in [3.05, 3.63) is 17.0 Å². The molecule has 2 heterocycles. The minimum Gasteiger partial charge on any atom is -0.465 e. The van der Waals surface area contributed by atoms with Gasteiger partial charge in [-0.15, -0.1) is 0 Å². The number of nitrogens with one attached hydrogen (secondary N) is 1. The Morgan fingerprint density at radius 1 is 1.27 bits per heavy atom. The van der Waals surface area contributed by atoms with Gasteiger partial charge >= 0.3 is 5.97 Å². The van der Waals surface area contributed by atoms with E-state index in [1.54, 1.807) is 0 Å². The Morgan fingerprint density at radius 3 is 2.80 bits per heavy atom. The molecule has 0 bridgehead atoms. The second kappa shape index (κ2) is 11.5. The number of hydrogen-bond acceptors (Lipinski definition) is 6. The molecule has 8 heteroatoms. The molecule has 1 aromatic rings. The van der Waals surface area contributed by atoms with Gasteiger partial charge in [-0.05, 0) is 51.4 Å². The molecule has 0 radical (unpaired) electrons. The zero-order chi connectivity index (χ0) is 21.3. The Morgan fingerprint density at radius 2 is 2.03 bits per heavy atom. The van der Waals surface area contributed by atoms with Crippen LogP contribution in [0.3, 0.4) is 0 Å². The third-order valence-electron chi connectivity index (χ3n) is 5.93. The highest BCUT2D eigenvalue weighted by atomic mass is 16.5. The van der Waals surface area contributed by atoms with Crippen molar-refractivity contribution in [2.45, 2.75) is 77.4 Å². The van der Waals surface area contributed by atoms with Gasteiger partial charge in [0.15, 0.2) is 0 Å². The molecular weight excluding hydrogens is 386 g/mol. The van der Waals surface area contributed by atoms with Crippen LogP contribution >= 0.6 is 0 Å². The van der Waals surface area contributed by atoms with Crippen LogP contribution in [0.25, 0.3) is 0 Å². The fraction of sp³-hybridized carbons (Fsp3) is 0.773. The highest BCUT2D eigenvalue weighted by molar-refractivity contribution is 5.96. The summed E-state index contributed by atoms with van der Waals surface area (Å²) in [6, 6.07) is 0. The fourth-order valence-electron chi connectivity index (χ4n) is 4.23. The highest BCUT2D eigenvalue weighted by Crippen LogP contribution is 2.25. The number of hydrogen-bond donors (Lipinski definition) is 2. The molecule has 2 aliphatic rings. The summed E-state index contributed by atoms with van der Waals surface area (Å²) in [7, 11) is 0. The van der Waals surface area contributed by atoms with Crippen LogP contribution in [0, 0.1) is 5.92 Å². The molecule has 0 unspecified atom stereocenters. The van der Waals surface area contributed by atoms with Gasteiger partial charge in [-0.3, -0.25) is 14.3 Å². The van der Waals surface area contributed by atoms with Gasteiger partial charge in [-0.2, -0.15) is 5.10 Å². The fourth-order valence-corrected chi connectivity index (χ4v) is 4.23. The van der Waals surface area contributed by atoms with E-state index in [1.165, 1.54) is 0 Å². The molecule has 168 valence electrons. The number of carbonyl (C=O) groups is 2. The maximum Gasteiger partial charge on any atom is 0.308 e. The largest absolute Gasteiger partial charge is 0.465 e. The molecule has 1 amide bonds. The van der Waals surface area contributed by atoms with Crippen molar-refractivity contribution in [1.29, 1.82) is 0 Å². The summed E-state index contributed by atoms with van der Waals surface area (Å²) in [5.41, 5.74) is 2.47. The summed E-state index contributed by atoms with van der Waals surface area (Å²) in [5, 5.41) is 17.3. The van der Waals surface area contributed by atoms with E-state index in [-0.39, 0.29) is 23.9 Å². The Balaban J connectivity index is 1.58. The number of esters is 1. The van der Waals surface area contributed by atoms with Crippen LogP contribution in [0.1, 0.15) is 73.6 Å². The van der Waals surface area contributed by atoms with Crippen LogP contribution in [-0.4, -0.2) is 59.2 Å². The third kappa shape index (κ3) is 6.04. The van der Waals surface area contributed by atoms with E-state index in [4.69, 9.17) is 14.6 Å². The predicted molar refractivity (Wildman–Crippen MR) is 111 cm³/mol. The Bertz CT molecular complexity index is 710. The van der Waals surface area contributed by atoms with Crippen molar-refractivity contribution in [2.75, 3.05) is 26.4 Å². The minimum atomic E-state index is -0.276. The minimum absolute atomic E-state index is 0.0547. The van der Waals surface area contributed by atoms with Crippen molar-refractivity contribution in [3.8, 4) is 0 Å². The summed E-state index contributed by atoms with van der Waals surface area (Å²) in [4.78, 5) is 25.0. The van der Waals surface area contributed by atoms with Crippen molar-refractivity contribution < 1.29 is 24.2 Å². The second-order valence-electron chi connectivity index (χ2n) is 8.20. The second-order valence-corrected chi connectivity index (χ2v) is 8.20. The van der Waals surface area contributed by atoms with Crippen LogP contribution in [0.5, 0.6) is 0 Å². The normalized spacial score (nSPS) is 23.2. The molecule has 2 N–H and O–H groups in total. The van der Waals surface area contributed by atoms with Crippen molar-refractivity contribution >= 4 is 11.9 Å². The quantitative estimate of drug-likeness (QED) is 0.538. The molecule has 0 spiro atoms. The van der Waals surface area contributed by atoms with Crippen LogP contribution in [0.4, 0.5) is 0 Å². The maximum absolute atomic E-state index is 12.8. The van der Waals surface area contributed by atoms with Crippen LogP contribution in [0.2, 0.25) is 0 Å². The van der Waals surface area contributed by atoms with E-state index in [0.29, 0.717) is 77.0 Å². The number of aryl methyl sites for hydroxylation is 2.